The van der Waals surface area contributed by atoms with E-state index in [0.29, 0.717) is 0 Å². The second-order valence-electron chi connectivity index (χ2n) is 6.03. The van der Waals surface area contributed by atoms with E-state index in [0.717, 1.165) is 45.8 Å². The van der Waals surface area contributed by atoms with Crippen molar-refractivity contribution in [2.75, 3.05) is 67.0 Å². The van der Waals surface area contributed by atoms with Crippen LogP contribution in [0.4, 0.5) is 0 Å². The fraction of sp³-hybridized carbons (Fsp3) is 0.588. The number of hydrogen-bond acceptors (Lipinski definition) is 4. The van der Waals surface area contributed by atoms with Crippen molar-refractivity contribution >= 4 is 0 Å². The molecule has 1 aromatic rings. The van der Waals surface area contributed by atoms with Gasteiger partial charge in [-0.05, 0) is 27.7 Å². The predicted molar refractivity (Wildman–Crippen MR) is 89.3 cm³/mol. The van der Waals surface area contributed by atoms with Crippen LogP contribution in [0.1, 0.15) is 5.56 Å². The Kier molecular flexibility index (Phi) is 20.2. The minimum absolute atomic E-state index is 0. The van der Waals surface area contributed by atoms with Crippen LogP contribution in [-0.2, 0) is 21.7 Å². The second kappa shape index (κ2) is 16.7. The number of nitrogens with zero attached hydrogens (tertiary/aromatic N) is 3. The molecule has 1 saturated heterocycles. The Morgan fingerprint density at radius 2 is 1.36 bits per heavy atom. The number of rotatable bonds is 1. The number of halogens is 3. The van der Waals surface area contributed by atoms with Gasteiger partial charge in [-0.3, -0.25) is 0 Å². The summed E-state index contributed by atoms with van der Waals surface area (Å²) in [6.07, 6.45) is 0. The van der Waals surface area contributed by atoms with E-state index in [4.69, 9.17) is 0 Å². The van der Waals surface area contributed by atoms with E-state index >= 15 is 0 Å². The number of likely N-dealkylation sites (N-methyl/N-ethyl adjacent to an activating group) is 3. The summed E-state index contributed by atoms with van der Waals surface area (Å²) in [6, 6.07) is 12.2. The fourth-order valence-corrected chi connectivity index (χ4v) is 2.63. The topological polar surface area (TPSA) is 21.8 Å². The first-order valence-corrected chi connectivity index (χ1v) is 7.87. The summed E-state index contributed by atoms with van der Waals surface area (Å²) < 4.78 is 0. The number of benzene rings is 1. The average molecular weight is 444 g/mol. The first-order chi connectivity index (χ1) is 10.2. The van der Waals surface area contributed by atoms with Crippen LogP contribution >= 0.6 is 0 Å². The van der Waals surface area contributed by atoms with Crippen LogP contribution in [0.3, 0.4) is 0 Å². The molecule has 1 aliphatic heterocycles. The Balaban J connectivity index is -0.00000121. The van der Waals surface area contributed by atoms with Gasteiger partial charge in [0.1, 0.15) is 0 Å². The molecule has 2 rings (SSSR count). The van der Waals surface area contributed by atoms with Gasteiger partial charge in [0.05, 0.1) is 0 Å². The van der Waals surface area contributed by atoms with Gasteiger partial charge < -0.3 is 57.2 Å². The quantitative estimate of drug-likeness (QED) is 0.344. The summed E-state index contributed by atoms with van der Waals surface area (Å²) in [6.45, 7) is 7.46. The standard InChI is InChI=1S/C17H29N4.3ClH.Ti/c1-19-11-9-18-10-12-20(2)15-17(21(3)14-13-19)16-7-5-4-6-8-16;;;;/h4-8,18H,9-15H2,1-3H3;3*1H;/q-1;;;;+4/p-3. The molecule has 4 nitrogen and oxygen atoms in total. The Bertz CT molecular complexity index is 414. The molecule has 0 spiro atoms. The number of hydrogen-bond donors (Lipinski definition) is 1. The summed E-state index contributed by atoms with van der Waals surface area (Å²) in [5.41, 5.74) is 1.33. The molecule has 0 atom stereocenters. The van der Waals surface area contributed by atoms with Gasteiger partial charge in [-0.1, -0.05) is 12.1 Å². The Morgan fingerprint density at radius 1 is 0.800 bits per heavy atom. The van der Waals surface area contributed by atoms with Gasteiger partial charge in [-0.25, -0.2) is 0 Å². The van der Waals surface area contributed by atoms with Crippen LogP contribution in [0.15, 0.2) is 30.3 Å². The van der Waals surface area contributed by atoms with E-state index in [1.807, 2.05) is 0 Å². The van der Waals surface area contributed by atoms with Gasteiger partial charge in [0.25, 0.3) is 0 Å². The second-order valence-corrected chi connectivity index (χ2v) is 6.03. The molecular formula is C17H29Cl3N4Ti. The van der Waals surface area contributed by atoms with Crippen molar-refractivity contribution in [2.45, 2.75) is 0 Å². The van der Waals surface area contributed by atoms with Crippen LogP contribution in [0.5, 0.6) is 0 Å². The van der Waals surface area contributed by atoms with Crippen molar-refractivity contribution in [1.82, 2.24) is 20.0 Å². The van der Waals surface area contributed by atoms with Gasteiger partial charge in [0.2, 0.25) is 0 Å². The summed E-state index contributed by atoms with van der Waals surface area (Å²) in [7, 11) is 6.62. The summed E-state index contributed by atoms with van der Waals surface area (Å²) >= 11 is 0. The molecule has 1 N–H and O–H groups in total. The maximum absolute atomic E-state index is 3.52. The van der Waals surface area contributed by atoms with Crippen LogP contribution < -0.4 is 42.5 Å². The molecule has 0 amide bonds. The summed E-state index contributed by atoms with van der Waals surface area (Å²) in [5, 5.41) is 3.52. The van der Waals surface area contributed by atoms with E-state index < -0.39 is 0 Å². The molecule has 142 valence electrons. The van der Waals surface area contributed by atoms with Gasteiger partial charge in [0.15, 0.2) is 0 Å². The van der Waals surface area contributed by atoms with Crippen LogP contribution in [0, 0.1) is 6.04 Å². The molecule has 0 unspecified atom stereocenters. The molecule has 1 aliphatic rings. The molecule has 25 heavy (non-hydrogen) atoms. The minimum Gasteiger partial charge on any atom is -1.00 e. The van der Waals surface area contributed by atoms with Crippen molar-refractivity contribution in [3.63, 3.8) is 0 Å². The molecule has 0 aromatic heterocycles. The zero-order chi connectivity index (χ0) is 15.1. The van der Waals surface area contributed by atoms with Crippen molar-refractivity contribution < 1.29 is 58.9 Å². The van der Waals surface area contributed by atoms with Crippen molar-refractivity contribution in [3.8, 4) is 0 Å². The molecule has 1 heterocycles. The summed E-state index contributed by atoms with van der Waals surface area (Å²) in [4.78, 5) is 7.21. The third-order valence-corrected chi connectivity index (χ3v) is 4.15. The predicted octanol–water partition coefficient (Wildman–Crippen LogP) is -8.03. The van der Waals surface area contributed by atoms with Crippen LogP contribution in [0.2, 0.25) is 0 Å². The molecule has 1 fully saturated rings. The molecule has 8 heteroatoms. The van der Waals surface area contributed by atoms with Gasteiger partial charge in [-0.2, -0.15) is 17.7 Å². The first-order valence-electron chi connectivity index (χ1n) is 7.87. The third-order valence-electron chi connectivity index (χ3n) is 4.15. The molecule has 1 aromatic carbocycles. The van der Waals surface area contributed by atoms with E-state index in [9.17, 15) is 0 Å². The van der Waals surface area contributed by atoms with Crippen molar-refractivity contribution in [1.29, 1.82) is 0 Å². The molecule has 0 aliphatic carbocycles. The van der Waals surface area contributed by atoms with E-state index in [1.165, 1.54) is 11.6 Å². The van der Waals surface area contributed by atoms with E-state index in [-0.39, 0.29) is 58.9 Å². The smallest absolute Gasteiger partial charge is 1.00 e. The van der Waals surface area contributed by atoms with Crippen molar-refractivity contribution in [3.05, 3.63) is 41.9 Å². The van der Waals surface area contributed by atoms with Gasteiger partial charge >= 0.3 is 21.7 Å². The maximum atomic E-state index is 3.52. The normalized spacial score (nSPS) is 18.3. The monoisotopic (exact) mass is 442 g/mol. The average Bonchev–Trinajstić information content (AvgIpc) is 2.49. The zero-order valence-corrected chi connectivity index (χ0v) is 19.1. The minimum atomic E-state index is 0. The largest absolute Gasteiger partial charge is 4.00 e. The van der Waals surface area contributed by atoms with E-state index in [1.54, 1.807) is 0 Å². The third kappa shape index (κ3) is 11.1. The maximum Gasteiger partial charge on any atom is 4.00 e. The Morgan fingerprint density at radius 3 is 1.96 bits per heavy atom. The molecule has 0 radical (unpaired) electrons. The van der Waals surface area contributed by atoms with Gasteiger partial charge in [0, 0.05) is 39.3 Å². The van der Waals surface area contributed by atoms with Crippen LogP contribution in [0.25, 0.3) is 0 Å². The molecule has 0 saturated carbocycles. The first kappa shape index (κ1) is 30.2. The van der Waals surface area contributed by atoms with Crippen molar-refractivity contribution in [2.24, 2.45) is 0 Å². The van der Waals surface area contributed by atoms with Gasteiger partial charge in [-0.15, -0.1) is 12.1 Å². The van der Waals surface area contributed by atoms with Crippen LogP contribution in [-0.4, -0.2) is 81.7 Å². The number of nitrogens with one attached hydrogen (secondary N) is 1. The Labute approximate surface area is 187 Å². The van der Waals surface area contributed by atoms with E-state index in [2.05, 4.69) is 71.5 Å². The summed E-state index contributed by atoms with van der Waals surface area (Å²) in [5.74, 6) is 0. The fourth-order valence-electron chi connectivity index (χ4n) is 2.63. The SMILES string of the molecule is CN1CCNCCN(C)C[C-](c2ccccc2)N(C)CC1.[Cl-].[Cl-].[Cl-].[Ti+4]. The molecule has 0 bridgehead atoms. The Hall–Kier alpha value is 0.514. The molecular weight excluding hydrogens is 414 g/mol. The zero-order valence-electron chi connectivity index (χ0n) is 15.3.